The van der Waals surface area contributed by atoms with Gasteiger partial charge in [-0.2, -0.15) is 5.10 Å². The molecule has 1 N–H and O–H groups in total. The molecule has 18 heavy (non-hydrogen) atoms. The van der Waals surface area contributed by atoms with Gasteiger partial charge in [0.2, 0.25) is 0 Å². The van der Waals surface area contributed by atoms with Crippen LogP contribution in [0.5, 0.6) is 0 Å². The van der Waals surface area contributed by atoms with Crippen molar-refractivity contribution >= 4 is 0 Å². The van der Waals surface area contributed by atoms with Crippen LogP contribution in [0.4, 0.5) is 0 Å². The van der Waals surface area contributed by atoms with Gasteiger partial charge < -0.3 is 10.1 Å². The number of hydrogen-bond donors (Lipinski definition) is 1. The van der Waals surface area contributed by atoms with Gasteiger partial charge >= 0.3 is 0 Å². The molecule has 2 aliphatic rings. The Balaban J connectivity index is 1.63. The van der Waals surface area contributed by atoms with Crippen molar-refractivity contribution in [3.8, 4) is 0 Å². The molecule has 1 aromatic heterocycles. The molecule has 1 aromatic rings. The lowest BCUT2D eigenvalue weighted by Crippen LogP contribution is -2.37. The largest absolute Gasteiger partial charge is 0.376 e. The second kappa shape index (κ2) is 4.67. The number of ether oxygens (including phenoxy) is 1. The van der Waals surface area contributed by atoms with E-state index in [1.165, 1.54) is 24.1 Å². The summed E-state index contributed by atoms with van der Waals surface area (Å²) >= 11 is 0. The Morgan fingerprint density at radius 3 is 2.72 bits per heavy atom. The highest BCUT2D eigenvalue weighted by Gasteiger charge is 2.40. The Morgan fingerprint density at radius 1 is 1.33 bits per heavy atom. The van der Waals surface area contributed by atoms with E-state index < -0.39 is 0 Å². The molecule has 0 spiro atoms. The van der Waals surface area contributed by atoms with Crippen LogP contribution >= 0.6 is 0 Å². The van der Waals surface area contributed by atoms with Crippen LogP contribution in [0.25, 0.3) is 0 Å². The maximum atomic E-state index is 5.86. The maximum Gasteiger partial charge on any atom is 0.0757 e. The van der Waals surface area contributed by atoms with Gasteiger partial charge in [-0.1, -0.05) is 0 Å². The molecule has 100 valence electrons. The normalized spacial score (nSPS) is 27.9. The zero-order valence-corrected chi connectivity index (χ0v) is 11.6. The van der Waals surface area contributed by atoms with Gasteiger partial charge in [0.1, 0.15) is 0 Å². The Hall–Kier alpha value is -0.870. The number of hydrogen-bond acceptors (Lipinski definition) is 3. The smallest absolute Gasteiger partial charge is 0.0757 e. The van der Waals surface area contributed by atoms with E-state index in [0.29, 0.717) is 12.1 Å². The monoisotopic (exact) mass is 249 g/mol. The Labute approximate surface area is 109 Å². The quantitative estimate of drug-likeness (QED) is 0.882. The van der Waals surface area contributed by atoms with Gasteiger partial charge in [-0.25, -0.2) is 0 Å². The first-order valence-corrected chi connectivity index (χ1v) is 7.01. The van der Waals surface area contributed by atoms with Crippen LogP contribution in [0.1, 0.15) is 36.2 Å². The van der Waals surface area contributed by atoms with E-state index in [0.717, 1.165) is 31.2 Å². The molecule has 1 aliphatic carbocycles. The molecule has 0 amide bonds. The molecule has 4 heteroatoms. The third-order valence-electron chi connectivity index (χ3n) is 4.42. The lowest BCUT2D eigenvalue weighted by atomic mass is 10.1. The van der Waals surface area contributed by atoms with Crippen LogP contribution in [0.3, 0.4) is 0 Å². The lowest BCUT2D eigenvalue weighted by Gasteiger charge is -2.19. The van der Waals surface area contributed by atoms with Gasteiger partial charge in [0.25, 0.3) is 0 Å². The number of aromatic nitrogens is 2. The maximum absolute atomic E-state index is 5.86. The molecule has 2 heterocycles. The molecular formula is C14H23N3O. The van der Waals surface area contributed by atoms with E-state index in [9.17, 15) is 0 Å². The Bertz CT molecular complexity index is 436. The van der Waals surface area contributed by atoms with Gasteiger partial charge in [0.15, 0.2) is 0 Å². The van der Waals surface area contributed by atoms with E-state index in [-0.39, 0.29) is 0 Å². The minimum Gasteiger partial charge on any atom is -0.376 e. The van der Waals surface area contributed by atoms with Crippen LogP contribution in [0, 0.1) is 19.8 Å². The predicted molar refractivity (Wildman–Crippen MR) is 70.4 cm³/mol. The molecule has 2 unspecified atom stereocenters. The molecule has 0 bridgehead atoms. The summed E-state index contributed by atoms with van der Waals surface area (Å²) in [5, 5.41) is 8.15. The molecule has 1 saturated carbocycles. The van der Waals surface area contributed by atoms with Crippen molar-refractivity contribution in [3.05, 3.63) is 17.0 Å². The van der Waals surface area contributed by atoms with Crippen LogP contribution in [0.2, 0.25) is 0 Å². The summed E-state index contributed by atoms with van der Waals surface area (Å²) in [6, 6.07) is 0.538. The van der Waals surface area contributed by atoms with E-state index in [1.54, 1.807) is 0 Å². The molecular weight excluding hydrogens is 226 g/mol. The molecule has 0 radical (unpaired) electrons. The van der Waals surface area contributed by atoms with Gasteiger partial charge in [-0.3, -0.25) is 4.68 Å². The fraction of sp³-hybridized carbons (Fsp3) is 0.786. The summed E-state index contributed by atoms with van der Waals surface area (Å²) in [6.45, 7) is 6.07. The molecule has 1 aliphatic heterocycles. The van der Waals surface area contributed by atoms with E-state index >= 15 is 0 Å². The zero-order chi connectivity index (χ0) is 12.7. The first kappa shape index (κ1) is 12.2. The van der Waals surface area contributed by atoms with E-state index in [4.69, 9.17) is 4.74 Å². The number of aryl methyl sites for hydroxylation is 2. The van der Waals surface area contributed by atoms with Crippen molar-refractivity contribution in [2.75, 3.05) is 6.61 Å². The third-order valence-corrected chi connectivity index (χ3v) is 4.42. The van der Waals surface area contributed by atoms with Gasteiger partial charge in [-0.05, 0) is 39.0 Å². The summed E-state index contributed by atoms with van der Waals surface area (Å²) in [7, 11) is 2.01. The summed E-state index contributed by atoms with van der Waals surface area (Å²) < 4.78 is 7.83. The van der Waals surface area contributed by atoms with E-state index in [1.807, 2.05) is 11.7 Å². The molecule has 3 rings (SSSR count). The number of nitrogens with zero attached hydrogens (tertiary/aromatic N) is 2. The van der Waals surface area contributed by atoms with Crippen molar-refractivity contribution in [3.63, 3.8) is 0 Å². The summed E-state index contributed by atoms with van der Waals surface area (Å²) in [6.07, 6.45) is 4.32. The van der Waals surface area contributed by atoms with Gasteiger partial charge in [0, 0.05) is 37.5 Å². The average molecular weight is 249 g/mol. The second-order valence-electron chi connectivity index (χ2n) is 5.72. The Morgan fingerprint density at radius 2 is 2.11 bits per heavy atom. The number of nitrogens with one attached hydrogen (secondary N) is 1. The van der Waals surface area contributed by atoms with Crippen molar-refractivity contribution in [1.29, 1.82) is 0 Å². The zero-order valence-electron chi connectivity index (χ0n) is 11.6. The highest BCUT2D eigenvalue weighted by Crippen LogP contribution is 2.38. The predicted octanol–water partition coefficient (Wildman–Crippen LogP) is 1.69. The van der Waals surface area contributed by atoms with Gasteiger partial charge in [0.05, 0.1) is 11.8 Å². The van der Waals surface area contributed by atoms with Crippen molar-refractivity contribution in [2.45, 2.75) is 51.8 Å². The van der Waals surface area contributed by atoms with Crippen molar-refractivity contribution in [1.82, 2.24) is 15.1 Å². The Kier molecular flexibility index (Phi) is 3.16. The first-order chi connectivity index (χ1) is 8.66. The lowest BCUT2D eigenvalue weighted by molar-refractivity contribution is 0.0808. The van der Waals surface area contributed by atoms with Crippen molar-refractivity contribution < 1.29 is 4.74 Å². The third kappa shape index (κ3) is 2.19. The van der Waals surface area contributed by atoms with Crippen molar-refractivity contribution in [2.24, 2.45) is 13.0 Å². The van der Waals surface area contributed by atoms with Crippen LogP contribution in [-0.4, -0.2) is 28.5 Å². The minimum absolute atomic E-state index is 0.460. The fourth-order valence-corrected chi connectivity index (χ4v) is 3.03. The average Bonchev–Trinajstić information content (AvgIpc) is 3.03. The first-order valence-electron chi connectivity index (χ1n) is 7.01. The molecule has 0 aromatic carbocycles. The topological polar surface area (TPSA) is 39.1 Å². The number of rotatable bonds is 4. The van der Waals surface area contributed by atoms with Crippen LogP contribution < -0.4 is 5.32 Å². The highest BCUT2D eigenvalue weighted by atomic mass is 16.5. The SMILES string of the molecule is Cc1nn(C)c(C)c1CNC1CCOC1C1CC1. The van der Waals surface area contributed by atoms with Crippen LogP contribution in [-0.2, 0) is 18.3 Å². The second-order valence-corrected chi connectivity index (χ2v) is 5.72. The molecule has 2 atom stereocenters. The highest BCUT2D eigenvalue weighted by molar-refractivity contribution is 5.24. The summed E-state index contributed by atoms with van der Waals surface area (Å²) in [4.78, 5) is 0. The van der Waals surface area contributed by atoms with Crippen LogP contribution in [0.15, 0.2) is 0 Å². The standard InChI is InChI=1S/C14H23N3O/c1-9-12(10(2)17(3)16-9)8-15-13-6-7-18-14(13)11-4-5-11/h11,13-15H,4-8H2,1-3H3. The van der Waals surface area contributed by atoms with E-state index in [2.05, 4.69) is 24.3 Å². The van der Waals surface area contributed by atoms with Gasteiger partial charge in [-0.15, -0.1) is 0 Å². The minimum atomic E-state index is 0.460. The molecule has 2 fully saturated rings. The summed E-state index contributed by atoms with van der Waals surface area (Å²) in [5.41, 5.74) is 3.75. The fourth-order valence-electron chi connectivity index (χ4n) is 3.03. The molecule has 4 nitrogen and oxygen atoms in total. The summed E-state index contributed by atoms with van der Waals surface area (Å²) in [5.74, 6) is 0.820. The molecule has 1 saturated heterocycles.